The van der Waals surface area contributed by atoms with Gasteiger partial charge in [0.25, 0.3) is 0 Å². The van der Waals surface area contributed by atoms with Crippen molar-refractivity contribution in [3.05, 3.63) is 90.1 Å². The summed E-state index contributed by atoms with van der Waals surface area (Å²) in [7, 11) is 1.94. The first kappa shape index (κ1) is 24.5. The van der Waals surface area contributed by atoms with E-state index in [4.69, 9.17) is 5.11 Å². The molecule has 0 bridgehead atoms. The van der Waals surface area contributed by atoms with Gasteiger partial charge in [0.2, 0.25) is 5.91 Å². The molecule has 1 aromatic heterocycles. The maximum Gasteiger partial charge on any atom is 0.328 e. The van der Waals surface area contributed by atoms with Crippen LogP contribution in [0.1, 0.15) is 43.2 Å². The average Bonchev–Trinajstić information content (AvgIpc) is 3.31. The summed E-state index contributed by atoms with van der Waals surface area (Å²) in [6.07, 6.45) is 9.75. The highest BCUT2D eigenvalue weighted by Gasteiger charge is 2.27. The molecule has 6 heteroatoms. The fourth-order valence-electron chi connectivity index (χ4n) is 5.16. The number of carboxylic acid groups (broad SMARTS) is 1. The third kappa shape index (κ3) is 5.64. The van der Waals surface area contributed by atoms with Crippen molar-refractivity contribution in [1.29, 1.82) is 0 Å². The molecule has 0 spiro atoms. The normalized spacial score (nSPS) is 14.3. The molecule has 0 radical (unpaired) electrons. The summed E-state index contributed by atoms with van der Waals surface area (Å²) < 4.78 is 1.87. The Morgan fingerprint density at radius 2 is 1.76 bits per heavy atom. The van der Waals surface area contributed by atoms with Crippen LogP contribution < -0.4 is 4.90 Å². The molecule has 1 N–H and O–H groups in total. The van der Waals surface area contributed by atoms with Crippen molar-refractivity contribution in [1.82, 2.24) is 9.78 Å². The number of fused-ring (bicyclic) bond motifs is 1. The highest BCUT2D eigenvalue weighted by Crippen LogP contribution is 2.30. The van der Waals surface area contributed by atoms with Crippen LogP contribution in [0.15, 0.2) is 79.0 Å². The summed E-state index contributed by atoms with van der Waals surface area (Å²) in [6, 6.07) is 22.2. The van der Waals surface area contributed by atoms with Crippen LogP contribution in [-0.2, 0) is 23.2 Å². The summed E-state index contributed by atoms with van der Waals surface area (Å²) in [5, 5.41) is 14.4. The van der Waals surface area contributed by atoms with Crippen molar-refractivity contribution in [2.45, 2.75) is 38.6 Å². The number of carbonyl (C=O) groups excluding carboxylic acids is 1. The first-order valence-corrected chi connectivity index (χ1v) is 12.8. The van der Waals surface area contributed by atoms with Crippen LogP contribution in [0.5, 0.6) is 0 Å². The number of anilines is 1. The summed E-state index contributed by atoms with van der Waals surface area (Å²) >= 11 is 0. The Morgan fingerprint density at radius 1 is 1.00 bits per heavy atom. The Kier molecular flexibility index (Phi) is 7.17. The molecule has 1 aliphatic carbocycles. The maximum atomic E-state index is 13.7. The number of aryl methyl sites for hydroxylation is 1. The van der Waals surface area contributed by atoms with Gasteiger partial charge in [-0.25, -0.2) is 4.79 Å². The molecule has 188 valence electrons. The van der Waals surface area contributed by atoms with Gasteiger partial charge in [0.05, 0.1) is 18.3 Å². The fourth-order valence-corrected chi connectivity index (χ4v) is 5.16. The fraction of sp³-hybridized carbons (Fsp3) is 0.258. The molecule has 5 rings (SSSR count). The number of nitrogens with zero attached hydrogens (tertiary/aromatic N) is 3. The van der Waals surface area contributed by atoms with Crippen molar-refractivity contribution >= 4 is 34.5 Å². The first-order chi connectivity index (χ1) is 18.0. The Labute approximate surface area is 216 Å². The molecular formula is C31H31N3O3. The lowest BCUT2D eigenvalue weighted by Crippen LogP contribution is -2.36. The first-order valence-electron chi connectivity index (χ1n) is 12.8. The SMILES string of the molecule is Cn1ncc2cc(-c3ccc(CN(C(=O)C4CCCCC4)c4cccc(C=CC(=O)O)c4)cc3)ccc21. The quantitative estimate of drug-likeness (QED) is 0.300. The van der Waals surface area contributed by atoms with Crippen LogP contribution in [0.3, 0.4) is 0 Å². The van der Waals surface area contributed by atoms with Crippen LogP contribution in [-0.4, -0.2) is 26.8 Å². The highest BCUT2D eigenvalue weighted by molar-refractivity contribution is 5.95. The minimum Gasteiger partial charge on any atom is -0.478 e. The van der Waals surface area contributed by atoms with Gasteiger partial charge in [0, 0.05) is 30.1 Å². The van der Waals surface area contributed by atoms with Crippen molar-refractivity contribution in [3.63, 3.8) is 0 Å². The predicted molar refractivity (Wildman–Crippen MR) is 147 cm³/mol. The van der Waals surface area contributed by atoms with Crippen LogP contribution >= 0.6 is 0 Å². The van der Waals surface area contributed by atoms with Gasteiger partial charge in [-0.2, -0.15) is 5.10 Å². The van der Waals surface area contributed by atoms with E-state index in [1.54, 1.807) is 6.08 Å². The summed E-state index contributed by atoms with van der Waals surface area (Å²) in [6.45, 7) is 0.462. The number of carboxylic acids is 1. The van der Waals surface area contributed by atoms with Gasteiger partial charge in [-0.1, -0.05) is 61.7 Å². The molecule has 37 heavy (non-hydrogen) atoms. The van der Waals surface area contributed by atoms with E-state index < -0.39 is 5.97 Å². The van der Waals surface area contributed by atoms with Crippen molar-refractivity contribution < 1.29 is 14.7 Å². The number of hydrogen-bond acceptors (Lipinski definition) is 3. The zero-order valence-corrected chi connectivity index (χ0v) is 21.0. The van der Waals surface area contributed by atoms with E-state index in [1.807, 2.05) is 47.1 Å². The molecule has 1 aliphatic rings. The van der Waals surface area contributed by atoms with Gasteiger partial charge in [-0.3, -0.25) is 9.48 Å². The Hall–Kier alpha value is -4.19. The molecule has 1 heterocycles. The second-order valence-electron chi connectivity index (χ2n) is 9.76. The molecule has 3 aromatic carbocycles. The van der Waals surface area contributed by atoms with Gasteiger partial charge in [0.1, 0.15) is 0 Å². The van der Waals surface area contributed by atoms with Crippen molar-refractivity contribution in [3.8, 4) is 11.1 Å². The standard InChI is InChI=1S/C31H31N3O3/c1-33-29-16-15-26(19-27(29)20-32-33)24-13-10-23(11-14-24)21-34(31(37)25-7-3-2-4-8-25)28-9-5-6-22(18-28)12-17-30(35)36/h5-6,9-20,25H,2-4,7-8,21H2,1H3,(H,35,36). The number of hydrogen-bond donors (Lipinski definition) is 1. The van der Waals surface area contributed by atoms with Gasteiger partial charge in [0.15, 0.2) is 0 Å². The Bertz CT molecular complexity index is 1450. The van der Waals surface area contributed by atoms with Gasteiger partial charge in [-0.15, -0.1) is 0 Å². The lowest BCUT2D eigenvalue weighted by Gasteiger charge is -2.30. The molecular weight excluding hydrogens is 462 g/mol. The maximum absolute atomic E-state index is 13.7. The second kappa shape index (κ2) is 10.8. The monoisotopic (exact) mass is 493 g/mol. The summed E-state index contributed by atoms with van der Waals surface area (Å²) in [5.41, 5.74) is 5.91. The molecule has 0 atom stereocenters. The van der Waals surface area contributed by atoms with E-state index in [1.165, 1.54) is 6.42 Å². The molecule has 0 aliphatic heterocycles. The molecule has 0 saturated heterocycles. The predicted octanol–water partition coefficient (Wildman–Crippen LogP) is 6.45. The van der Waals surface area contributed by atoms with Crippen LogP contribution in [0.25, 0.3) is 28.1 Å². The zero-order valence-electron chi connectivity index (χ0n) is 21.0. The Morgan fingerprint density at radius 3 is 2.51 bits per heavy atom. The number of amides is 1. The minimum absolute atomic E-state index is 0.0254. The third-order valence-corrected chi connectivity index (χ3v) is 7.19. The van der Waals surface area contributed by atoms with E-state index in [2.05, 4.69) is 47.6 Å². The number of rotatable bonds is 7. The van der Waals surface area contributed by atoms with E-state index in [9.17, 15) is 9.59 Å². The van der Waals surface area contributed by atoms with Crippen molar-refractivity contribution in [2.75, 3.05) is 4.90 Å². The van der Waals surface area contributed by atoms with Crippen LogP contribution in [0.2, 0.25) is 0 Å². The number of carbonyl (C=O) groups is 2. The second-order valence-corrected chi connectivity index (χ2v) is 9.76. The zero-order chi connectivity index (χ0) is 25.8. The minimum atomic E-state index is -0.997. The third-order valence-electron chi connectivity index (χ3n) is 7.19. The topological polar surface area (TPSA) is 75.4 Å². The van der Waals surface area contributed by atoms with E-state index >= 15 is 0 Å². The number of aliphatic carboxylic acids is 1. The average molecular weight is 494 g/mol. The number of benzene rings is 3. The lowest BCUT2D eigenvalue weighted by atomic mass is 9.88. The smallest absolute Gasteiger partial charge is 0.328 e. The molecule has 1 amide bonds. The largest absolute Gasteiger partial charge is 0.478 e. The van der Waals surface area contributed by atoms with E-state index in [-0.39, 0.29) is 11.8 Å². The molecule has 0 unspecified atom stereocenters. The number of aromatic nitrogens is 2. The lowest BCUT2D eigenvalue weighted by molar-refractivity contribution is -0.131. The summed E-state index contributed by atoms with van der Waals surface area (Å²) in [4.78, 5) is 26.6. The van der Waals surface area contributed by atoms with Crippen LogP contribution in [0, 0.1) is 5.92 Å². The summed E-state index contributed by atoms with van der Waals surface area (Å²) in [5.74, 6) is -0.828. The molecule has 1 saturated carbocycles. The van der Waals surface area contributed by atoms with E-state index in [0.717, 1.165) is 70.6 Å². The Balaban J connectivity index is 1.42. The van der Waals surface area contributed by atoms with Gasteiger partial charge >= 0.3 is 5.97 Å². The molecule has 1 fully saturated rings. The van der Waals surface area contributed by atoms with E-state index in [0.29, 0.717) is 6.54 Å². The van der Waals surface area contributed by atoms with Crippen LogP contribution in [0.4, 0.5) is 5.69 Å². The highest BCUT2D eigenvalue weighted by atomic mass is 16.4. The molecule has 6 nitrogen and oxygen atoms in total. The van der Waals surface area contributed by atoms with Gasteiger partial charge in [-0.05, 0) is 65.4 Å². The van der Waals surface area contributed by atoms with Gasteiger partial charge < -0.3 is 10.0 Å². The molecule has 4 aromatic rings. The van der Waals surface area contributed by atoms with Crippen molar-refractivity contribution in [2.24, 2.45) is 13.0 Å².